The van der Waals surface area contributed by atoms with Crippen molar-refractivity contribution in [3.63, 3.8) is 0 Å². The van der Waals surface area contributed by atoms with Crippen LogP contribution in [0.3, 0.4) is 0 Å². The van der Waals surface area contributed by atoms with Gasteiger partial charge in [-0.15, -0.1) is 0 Å². The molecule has 0 radical (unpaired) electrons. The second-order valence-electron chi connectivity index (χ2n) is 7.14. The molecular weight excluding hydrogens is 383 g/mol. The van der Waals surface area contributed by atoms with E-state index >= 15 is 0 Å². The number of hydrogen-bond donors (Lipinski definition) is 1. The highest BCUT2D eigenvalue weighted by Crippen LogP contribution is 2.24. The lowest BCUT2D eigenvalue weighted by Gasteiger charge is -2.17. The van der Waals surface area contributed by atoms with Crippen LogP contribution in [0.2, 0.25) is 0 Å². The lowest BCUT2D eigenvalue weighted by atomic mass is 10.0. The Bertz CT molecular complexity index is 1060. The second-order valence-corrected chi connectivity index (χ2v) is 7.14. The molecule has 3 rings (SSSR count). The first-order valence-corrected chi connectivity index (χ1v) is 10.0. The van der Waals surface area contributed by atoms with Crippen LogP contribution in [0.15, 0.2) is 48.5 Å². The number of nitrogens with one attached hydrogen (secondary N) is 1. The van der Waals surface area contributed by atoms with Gasteiger partial charge in [-0.2, -0.15) is 0 Å². The maximum absolute atomic E-state index is 13.0. The maximum atomic E-state index is 13.0. The number of fused-ring (bicyclic) bond motifs is 1. The minimum Gasteiger partial charge on any atom is -0.449 e. The molecule has 0 spiro atoms. The molecule has 0 saturated heterocycles. The number of hydrogen-bond acceptors (Lipinski definition) is 4. The zero-order chi connectivity index (χ0) is 21.7. The van der Waals surface area contributed by atoms with E-state index in [1.807, 2.05) is 38.1 Å². The van der Waals surface area contributed by atoms with Crippen molar-refractivity contribution in [2.45, 2.75) is 39.7 Å². The molecule has 1 heterocycles. The van der Waals surface area contributed by atoms with Gasteiger partial charge in [-0.1, -0.05) is 37.3 Å². The number of esters is 1. The van der Waals surface area contributed by atoms with Gasteiger partial charge in [0.05, 0.1) is 11.1 Å². The monoisotopic (exact) mass is 408 g/mol. The van der Waals surface area contributed by atoms with E-state index in [-0.39, 0.29) is 11.7 Å². The van der Waals surface area contributed by atoms with Crippen molar-refractivity contribution in [1.29, 1.82) is 0 Å². The summed E-state index contributed by atoms with van der Waals surface area (Å²) in [6, 6.07) is 13.5. The zero-order valence-corrected chi connectivity index (χ0v) is 17.4. The van der Waals surface area contributed by atoms with Gasteiger partial charge in [-0.25, -0.2) is 9.18 Å². The van der Waals surface area contributed by atoms with Crippen molar-refractivity contribution in [2.75, 3.05) is 6.54 Å². The zero-order valence-electron chi connectivity index (χ0n) is 17.4. The largest absolute Gasteiger partial charge is 0.449 e. The molecule has 0 bridgehead atoms. The van der Waals surface area contributed by atoms with E-state index in [1.165, 1.54) is 12.1 Å². The van der Waals surface area contributed by atoms with Gasteiger partial charge >= 0.3 is 5.97 Å². The minimum atomic E-state index is -0.942. The van der Waals surface area contributed by atoms with Crippen LogP contribution in [0.5, 0.6) is 0 Å². The van der Waals surface area contributed by atoms with Gasteiger partial charge in [0.25, 0.3) is 5.91 Å². The number of ether oxygens (including phenoxy) is 1. The number of pyridine rings is 1. The smallest absolute Gasteiger partial charge is 0.339 e. The van der Waals surface area contributed by atoms with Crippen molar-refractivity contribution in [1.82, 2.24) is 10.3 Å². The lowest BCUT2D eigenvalue weighted by molar-refractivity contribution is -0.129. The van der Waals surface area contributed by atoms with Crippen LogP contribution < -0.4 is 5.32 Å². The molecule has 2 aromatic carbocycles. The third kappa shape index (κ3) is 4.82. The molecule has 1 N–H and O–H groups in total. The standard InChI is InChI=1S/C24H25FN2O3/c1-4-20-15(2)22(19-7-5-6-8-21(19)27-20)24(29)30-16(3)23(28)26-14-13-17-9-11-18(25)12-10-17/h5-12,16H,4,13-14H2,1-3H3,(H,26,28)/t16-/m1/s1. The van der Waals surface area contributed by atoms with Gasteiger partial charge < -0.3 is 10.1 Å². The predicted octanol–water partition coefficient (Wildman–Crippen LogP) is 4.15. The molecule has 30 heavy (non-hydrogen) atoms. The number of benzene rings is 2. The highest BCUT2D eigenvalue weighted by atomic mass is 19.1. The lowest BCUT2D eigenvalue weighted by Crippen LogP contribution is -2.37. The van der Waals surface area contributed by atoms with Gasteiger partial charge in [-0.05, 0) is 56.0 Å². The van der Waals surface area contributed by atoms with Gasteiger partial charge in [-0.3, -0.25) is 9.78 Å². The third-order valence-corrected chi connectivity index (χ3v) is 5.05. The van der Waals surface area contributed by atoms with Crippen LogP contribution in [0.4, 0.5) is 4.39 Å². The van der Waals surface area contributed by atoms with Crippen LogP contribution in [-0.2, 0) is 22.4 Å². The average molecular weight is 408 g/mol. The number of carbonyl (C=O) groups is 2. The van der Waals surface area contributed by atoms with Crippen LogP contribution in [-0.4, -0.2) is 29.5 Å². The SMILES string of the molecule is CCc1nc2ccccc2c(C(=O)O[C@H](C)C(=O)NCCc2ccc(F)cc2)c1C. The fourth-order valence-electron chi connectivity index (χ4n) is 3.36. The molecule has 0 fully saturated rings. The molecule has 156 valence electrons. The van der Waals surface area contributed by atoms with Crippen molar-refractivity contribution < 1.29 is 18.7 Å². The number of rotatable bonds is 7. The van der Waals surface area contributed by atoms with E-state index in [1.54, 1.807) is 19.1 Å². The molecule has 0 aliphatic carbocycles. The summed E-state index contributed by atoms with van der Waals surface area (Å²) in [5.74, 6) is -1.22. The van der Waals surface area contributed by atoms with E-state index in [2.05, 4.69) is 10.3 Å². The van der Waals surface area contributed by atoms with Gasteiger partial charge in [0.15, 0.2) is 6.10 Å². The quantitative estimate of drug-likeness (QED) is 0.597. The minimum absolute atomic E-state index is 0.298. The average Bonchev–Trinajstić information content (AvgIpc) is 2.74. The van der Waals surface area contributed by atoms with E-state index in [4.69, 9.17) is 4.74 Å². The molecule has 3 aromatic rings. The number of halogens is 1. The summed E-state index contributed by atoms with van der Waals surface area (Å²) in [5, 5.41) is 3.46. The van der Waals surface area contributed by atoms with Crippen molar-refractivity contribution >= 4 is 22.8 Å². The maximum Gasteiger partial charge on any atom is 0.339 e. The highest BCUT2D eigenvalue weighted by Gasteiger charge is 2.23. The fourth-order valence-corrected chi connectivity index (χ4v) is 3.36. The molecule has 0 aliphatic rings. The fraction of sp³-hybridized carbons (Fsp3) is 0.292. The summed E-state index contributed by atoms with van der Waals surface area (Å²) in [4.78, 5) is 29.9. The van der Waals surface area contributed by atoms with Crippen LogP contribution >= 0.6 is 0 Å². The topological polar surface area (TPSA) is 68.3 Å². The number of para-hydroxylation sites is 1. The Morgan fingerprint density at radius 1 is 1.13 bits per heavy atom. The molecule has 6 heteroatoms. The van der Waals surface area contributed by atoms with Crippen LogP contribution in [0.1, 0.15) is 41.0 Å². The van der Waals surface area contributed by atoms with Gasteiger partial charge in [0.2, 0.25) is 0 Å². The Balaban J connectivity index is 1.67. The number of aromatic nitrogens is 1. The number of carbonyl (C=O) groups excluding carboxylic acids is 2. The Morgan fingerprint density at radius 2 is 1.83 bits per heavy atom. The third-order valence-electron chi connectivity index (χ3n) is 5.05. The Kier molecular flexibility index (Phi) is 6.77. The molecule has 5 nitrogen and oxygen atoms in total. The number of aryl methyl sites for hydroxylation is 1. The van der Waals surface area contributed by atoms with Gasteiger partial charge in [0, 0.05) is 17.6 Å². The predicted molar refractivity (Wildman–Crippen MR) is 114 cm³/mol. The van der Waals surface area contributed by atoms with E-state index < -0.39 is 12.1 Å². The summed E-state index contributed by atoms with van der Waals surface area (Å²) >= 11 is 0. The van der Waals surface area contributed by atoms with E-state index in [9.17, 15) is 14.0 Å². The Morgan fingerprint density at radius 3 is 2.53 bits per heavy atom. The van der Waals surface area contributed by atoms with Crippen molar-refractivity contribution in [2.24, 2.45) is 0 Å². The van der Waals surface area contributed by atoms with Gasteiger partial charge in [0.1, 0.15) is 5.82 Å². The van der Waals surface area contributed by atoms with E-state index in [0.29, 0.717) is 30.3 Å². The molecule has 1 atom stereocenters. The highest BCUT2D eigenvalue weighted by molar-refractivity contribution is 6.05. The first-order chi connectivity index (χ1) is 14.4. The van der Waals surface area contributed by atoms with Crippen molar-refractivity contribution in [3.8, 4) is 0 Å². The molecule has 0 saturated carbocycles. The summed E-state index contributed by atoms with van der Waals surface area (Å²) in [6.45, 7) is 5.74. The molecule has 0 aliphatic heterocycles. The normalized spacial score (nSPS) is 11.9. The Hall–Kier alpha value is -3.28. The first kappa shape index (κ1) is 21.4. The number of amides is 1. The molecule has 1 amide bonds. The summed E-state index contributed by atoms with van der Waals surface area (Å²) < 4.78 is 18.4. The second kappa shape index (κ2) is 9.48. The number of nitrogens with zero attached hydrogens (tertiary/aromatic N) is 1. The summed E-state index contributed by atoms with van der Waals surface area (Å²) in [7, 11) is 0. The van der Waals surface area contributed by atoms with Crippen LogP contribution in [0, 0.1) is 12.7 Å². The first-order valence-electron chi connectivity index (χ1n) is 10.0. The molecular formula is C24H25FN2O3. The molecule has 1 aromatic heterocycles. The summed E-state index contributed by atoms with van der Waals surface area (Å²) in [5.41, 5.74) is 3.68. The van der Waals surface area contributed by atoms with Crippen LogP contribution in [0.25, 0.3) is 10.9 Å². The van der Waals surface area contributed by atoms with Crippen molar-refractivity contribution in [3.05, 3.63) is 76.7 Å². The summed E-state index contributed by atoms with van der Waals surface area (Å²) in [6.07, 6.45) is 0.305. The van der Waals surface area contributed by atoms with E-state index in [0.717, 1.165) is 22.3 Å². The Labute approximate surface area is 175 Å². The molecule has 0 unspecified atom stereocenters.